The Balaban J connectivity index is 1.11. The van der Waals surface area contributed by atoms with Crippen molar-refractivity contribution in [3.63, 3.8) is 0 Å². The highest BCUT2D eigenvalue weighted by Gasteiger charge is 2.36. The topological polar surface area (TPSA) is 62.8 Å². The van der Waals surface area contributed by atoms with Gasteiger partial charge in [0.05, 0.1) is 18.8 Å². The summed E-state index contributed by atoms with van der Waals surface area (Å²) in [6.07, 6.45) is 9.89. The minimum Gasteiger partial charge on any atom is -0.490 e. The number of benzene rings is 1. The minimum atomic E-state index is 0.108. The number of hydrogen-bond acceptors (Lipinski definition) is 6. The molecule has 6 heteroatoms. The van der Waals surface area contributed by atoms with Crippen LogP contribution in [0.15, 0.2) is 24.3 Å². The maximum atomic E-state index is 12.0. The van der Waals surface area contributed by atoms with Crippen LogP contribution >= 0.6 is 0 Å². The number of hydrogen-bond donors (Lipinski definition) is 2. The summed E-state index contributed by atoms with van der Waals surface area (Å²) in [5, 5.41) is 7.52. The molecule has 1 unspecified atom stereocenters. The molecule has 1 aromatic rings. The van der Waals surface area contributed by atoms with Gasteiger partial charge in [0.1, 0.15) is 17.6 Å². The summed E-state index contributed by atoms with van der Waals surface area (Å²) in [6, 6.07) is 10.5. The Labute approximate surface area is 244 Å². The zero-order valence-electron chi connectivity index (χ0n) is 26.4. The second-order valence-corrected chi connectivity index (χ2v) is 14.3. The van der Waals surface area contributed by atoms with E-state index in [4.69, 9.17) is 9.47 Å². The number of ketones is 1. The van der Waals surface area contributed by atoms with Crippen molar-refractivity contribution in [1.29, 1.82) is 0 Å². The van der Waals surface area contributed by atoms with Gasteiger partial charge in [-0.2, -0.15) is 0 Å². The van der Waals surface area contributed by atoms with Crippen LogP contribution in [0.2, 0.25) is 0 Å². The first-order valence-corrected chi connectivity index (χ1v) is 16.2. The molecule has 1 heterocycles. The van der Waals surface area contributed by atoms with E-state index in [0.717, 1.165) is 70.2 Å². The molecule has 0 bridgehead atoms. The second-order valence-electron chi connectivity index (χ2n) is 14.3. The third-order valence-electron chi connectivity index (χ3n) is 9.23. The van der Waals surface area contributed by atoms with Crippen LogP contribution in [0.1, 0.15) is 111 Å². The first-order chi connectivity index (χ1) is 19.0. The molecular weight excluding hydrogens is 498 g/mol. The zero-order chi connectivity index (χ0) is 28.9. The maximum Gasteiger partial charge on any atom is 0.149 e. The summed E-state index contributed by atoms with van der Waals surface area (Å²) in [6.45, 7) is 18.0. The molecule has 2 N–H and O–H groups in total. The lowest BCUT2D eigenvalue weighted by Gasteiger charge is -2.43. The van der Waals surface area contributed by atoms with Crippen molar-refractivity contribution in [2.24, 2.45) is 5.92 Å². The first kappa shape index (κ1) is 31.5. The number of rotatable bonds is 15. The molecule has 1 aliphatic heterocycles. The molecular formula is C34H57N3O3. The van der Waals surface area contributed by atoms with E-state index in [0.29, 0.717) is 54.7 Å². The number of Topliss-reactive ketones (excluding diaryl/α,β-unsaturated/α-hetero) is 1. The Morgan fingerprint density at radius 2 is 1.65 bits per heavy atom. The molecule has 2 aliphatic carbocycles. The van der Waals surface area contributed by atoms with Crippen LogP contribution < -0.4 is 15.4 Å². The average Bonchev–Trinajstić information content (AvgIpc) is 2.85. The van der Waals surface area contributed by atoms with Gasteiger partial charge in [-0.25, -0.2) is 0 Å². The van der Waals surface area contributed by atoms with Crippen LogP contribution in [0.3, 0.4) is 0 Å². The van der Waals surface area contributed by atoms with E-state index in [1.165, 1.54) is 5.56 Å². The predicted octanol–water partition coefficient (Wildman–Crippen LogP) is 6.08. The van der Waals surface area contributed by atoms with Gasteiger partial charge < -0.3 is 20.1 Å². The van der Waals surface area contributed by atoms with Crippen LogP contribution in [-0.2, 0) is 9.53 Å². The largest absolute Gasteiger partial charge is 0.490 e. The monoisotopic (exact) mass is 555 g/mol. The fourth-order valence-electron chi connectivity index (χ4n) is 6.40. The summed E-state index contributed by atoms with van der Waals surface area (Å²) in [7, 11) is 0. The maximum absolute atomic E-state index is 12.0. The van der Waals surface area contributed by atoms with Crippen molar-refractivity contribution in [3.8, 4) is 5.75 Å². The molecule has 0 aromatic heterocycles. The highest BCUT2D eigenvalue weighted by atomic mass is 16.5. The standard InChI is InChI=1S/C34H57N3O3/c1-23(2)33(38)22-37-15-12-29(13-16-37)39-32-20-28(21-32)36-34(6,7)14-11-25(5)26-9-8-10-30(17-26)40-31-18-27(19-31)35-24(3)4/h8-10,17,23-25,27-29,31-32,35-36H,11-16,18-22H2,1-7H3. The van der Waals surface area contributed by atoms with Crippen LogP contribution in [0.25, 0.3) is 0 Å². The predicted molar refractivity (Wildman–Crippen MR) is 164 cm³/mol. The van der Waals surface area contributed by atoms with Crippen LogP contribution in [0.5, 0.6) is 5.75 Å². The Bertz CT molecular complexity index is 928. The summed E-state index contributed by atoms with van der Waals surface area (Å²) >= 11 is 0. The van der Waals surface area contributed by atoms with Crippen molar-refractivity contribution in [2.45, 2.75) is 148 Å². The molecule has 1 saturated heterocycles. The van der Waals surface area contributed by atoms with Gasteiger partial charge >= 0.3 is 0 Å². The van der Waals surface area contributed by atoms with Gasteiger partial charge in [-0.1, -0.05) is 46.8 Å². The summed E-state index contributed by atoms with van der Waals surface area (Å²) in [5.41, 5.74) is 1.48. The lowest BCUT2D eigenvalue weighted by Crippen LogP contribution is -2.54. The van der Waals surface area contributed by atoms with E-state index >= 15 is 0 Å². The summed E-state index contributed by atoms with van der Waals surface area (Å²) in [4.78, 5) is 14.3. The van der Waals surface area contributed by atoms with Gasteiger partial charge in [-0.05, 0) is 88.8 Å². The lowest BCUT2D eigenvalue weighted by atomic mass is 9.84. The van der Waals surface area contributed by atoms with Crippen molar-refractivity contribution >= 4 is 5.78 Å². The normalized spacial score (nSPS) is 26.9. The van der Waals surface area contributed by atoms with Crippen LogP contribution in [-0.4, -0.2) is 72.3 Å². The Hall–Kier alpha value is -1.47. The molecule has 0 radical (unpaired) electrons. The number of nitrogens with one attached hydrogen (secondary N) is 2. The summed E-state index contributed by atoms with van der Waals surface area (Å²) in [5.74, 6) is 2.00. The number of carbonyl (C=O) groups is 1. The summed E-state index contributed by atoms with van der Waals surface area (Å²) < 4.78 is 12.7. The molecule has 40 heavy (non-hydrogen) atoms. The van der Waals surface area contributed by atoms with E-state index < -0.39 is 0 Å². The van der Waals surface area contributed by atoms with Gasteiger partial charge in [0, 0.05) is 42.7 Å². The molecule has 2 saturated carbocycles. The van der Waals surface area contributed by atoms with Crippen molar-refractivity contribution in [2.75, 3.05) is 19.6 Å². The van der Waals surface area contributed by atoms with Gasteiger partial charge in [-0.15, -0.1) is 0 Å². The van der Waals surface area contributed by atoms with Crippen molar-refractivity contribution in [3.05, 3.63) is 29.8 Å². The lowest BCUT2D eigenvalue weighted by molar-refractivity contribution is -0.124. The number of likely N-dealkylation sites (tertiary alicyclic amines) is 1. The minimum absolute atomic E-state index is 0.108. The zero-order valence-corrected chi connectivity index (χ0v) is 26.4. The fourth-order valence-corrected chi connectivity index (χ4v) is 6.40. The highest BCUT2D eigenvalue weighted by molar-refractivity contribution is 5.82. The van der Waals surface area contributed by atoms with Crippen LogP contribution in [0.4, 0.5) is 0 Å². The molecule has 226 valence electrons. The number of carbonyl (C=O) groups excluding carboxylic acids is 1. The number of piperidine rings is 1. The second kappa shape index (κ2) is 14.1. The van der Waals surface area contributed by atoms with Crippen LogP contribution in [0, 0.1) is 5.92 Å². The van der Waals surface area contributed by atoms with Gasteiger partial charge in [0.25, 0.3) is 0 Å². The molecule has 3 aliphatic rings. The quantitative estimate of drug-likeness (QED) is 0.273. The number of nitrogens with zero attached hydrogens (tertiary/aromatic N) is 1. The molecule has 0 spiro atoms. The Kier molecular flexibility index (Phi) is 11.1. The van der Waals surface area contributed by atoms with E-state index in [1.54, 1.807) is 0 Å². The molecule has 1 aromatic carbocycles. The molecule has 0 amide bonds. The molecule has 4 rings (SSSR count). The van der Waals surface area contributed by atoms with Gasteiger partial charge in [0.15, 0.2) is 0 Å². The van der Waals surface area contributed by atoms with Gasteiger partial charge in [-0.3, -0.25) is 9.69 Å². The average molecular weight is 556 g/mol. The fraction of sp³-hybridized carbons (Fsp3) is 0.794. The third kappa shape index (κ3) is 9.54. The third-order valence-corrected chi connectivity index (χ3v) is 9.23. The van der Waals surface area contributed by atoms with E-state index in [9.17, 15) is 4.79 Å². The number of ether oxygens (including phenoxy) is 2. The molecule has 3 fully saturated rings. The first-order valence-electron chi connectivity index (χ1n) is 16.2. The Morgan fingerprint density at radius 3 is 2.30 bits per heavy atom. The van der Waals surface area contributed by atoms with E-state index in [2.05, 4.69) is 74.4 Å². The van der Waals surface area contributed by atoms with Crippen molar-refractivity contribution in [1.82, 2.24) is 15.5 Å². The van der Waals surface area contributed by atoms with Gasteiger partial charge in [0.2, 0.25) is 0 Å². The Morgan fingerprint density at radius 1 is 0.975 bits per heavy atom. The van der Waals surface area contributed by atoms with E-state index in [-0.39, 0.29) is 11.5 Å². The van der Waals surface area contributed by atoms with E-state index in [1.807, 2.05) is 13.8 Å². The molecule has 6 nitrogen and oxygen atoms in total. The highest BCUT2D eigenvalue weighted by Crippen LogP contribution is 2.33. The SMILES string of the molecule is CC(C)NC1CC(Oc2cccc(C(C)CCC(C)(C)NC3CC(OC4CCN(CC(=O)C(C)C)CC4)C3)c2)C1. The van der Waals surface area contributed by atoms with Crippen molar-refractivity contribution < 1.29 is 14.3 Å². The smallest absolute Gasteiger partial charge is 0.149 e. The molecule has 1 atom stereocenters.